The van der Waals surface area contributed by atoms with E-state index in [4.69, 9.17) is 4.74 Å². The van der Waals surface area contributed by atoms with E-state index in [1.807, 2.05) is 12.1 Å². The van der Waals surface area contributed by atoms with E-state index in [-0.39, 0.29) is 30.6 Å². The Bertz CT molecular complexity index is 413. The molecule has 0 aliphatic carbocycles. The van der Waals surface area contributed by atoms with Gasteiger partial charge in [0.15, 0.2) is 11.5 Å². The van der Waals surface area contributed by atoms with E-state index in [0.29, 0.717) is 11.8 Å². The average molecular weight is 337 g/mol. The van der Waals surface area contributed by atoms with Gasteiger partial charge in [-0.05, 0) is 24.1 Å². The normalized spacial score (nSPS) is 16.5. The molecular formula is C15H26Cl2N2O2. The van der Waals surface area contributed by atoms with Gasteiger partial charge in [-0.15, -0.1) is 24.8 Å². The van der Waals surface area contributed by atoms with Gasteiger partial charge >= 0.3 is 0 Å². The van der Waals surface area contributed by atoms with Crippen molar-refractivity contribution in [3.8, 4) is 11.5 Å². The maximum Gasteiger partial charge on any atom is 0.160 e. The van der Waals surface area contributed by atoms with Gasteiger partial charge in [0.25, 0.3) is 0 Å². The highest BCUT2D eigenvalue weighted by Crippen LogP contribution is 2.33. The van der Waals surface area contributed by atoms with E-state index in [0.717, 1.165) is 39.0 Å². The van der Waals surface area contributed by atoms with Gasteiger partial charge in [-0.3, -0.25) is 4.90 Å². The molecule has 1 aromatic rings. The summed E-state index contributed by atoms with van der Waals surface area (Å²) in [5.74, 6) is 0.774. The predicted molar refractivity (Wildman–Crippen MR) is 91.2 cm³/mol. The standard InChI is InChI=1S/C15H24N2O2.2ClH/c1-3-4-13(17-9-7-16-8-10-17)12-5-6-15(19-2)14(18)11-12;;/h5-6,11,13,16,18H,3-4,7-10H2,1-2H3;2*1H/t13-;;/m1../s1. The van der Waals surface area contributed by atoms with Crippen molar-refractivity contribution in [2.75, 3.05) is 33.3 Å². The summed E-state index contributed by atoms with van der Waals surface area (Å²) < 4.78 is 5.11. The highest BCUT2D eigenvalue weighted by molar-refractivity contribution is 5.85. The molecule has 1 aromatic carbocycles. The number of aromatic hydroxyl groups is 1. The highest BCUT2D eigenvalue weighted by Gasteiger charge is 2.22. The van der Waals surface area contributed by atoms with Crippen LogP contribution in [-0.4, -0.2) is 43.3 Å². The molecule has 21 heavy (non-hydrogen) atoms. The molecule has 1 aliphatic rings. The zero-order valence-electron chi connectivity index (χ0n) is 12.7. The molecule has 0 spiro atoms. The van der Waals surface area contributed by atoms with Crippen molar-refractivity contribution in [3.05, 3.63) is 23.8 Å². The molecule has 0 amide bonds. The van der Waals surface area contributed by atoms with Crippen molar-refractivity contribution in [3.63, 3.8) is 0 Å². The molecule has 1 aliphatic heterocycles. The van der Waals surface area contributed by atoms with Gasteiger partial charge in [0.05, 0.1) is 7.11 Å². The van der Waals surface area contributed by atoms with E-state index in [1.165, 1.54) is 5.56 Å². The summed E-state index contributed by atoms with van der Waals surface area (Å²) in [6.45, 7) is 6.43. The van der Waals surface area contributed by atoms with Crippen LogP contribution in [0.3, 0.4) is 0 Å². The van der Waals surface area contributed by atoms with Crippen LogP contribution in [0.25, 0.3) is 0 Å². The predicted octanol–water partition coefficient (Wildman–Crippen LogP) is 2.99. The number of halogens is 2. The van der Waals surface area contributed by atoms with Crippen LogP contribution in [0.2, 0.25) is 0 Å². The SMILES string of the molecule is CCC[C@H](c1ccc(OC)c(O)c1)N1CCNCC1.Cl.Cl. The van der Waals surface area contributed by atoms with Gasteiger partial charge in [-0.1, -0.05) is 19.4 Å². The molecule has 122 valence electrons. The minimum atomic E-state index is 0. The van der Waals surface area contributed by atoms with E-state index in [2.05, 4.69) is 23.2 Å². The monoisotopic (exact) mass is 336 g/mol. The maximum atomic E-state index is 9.95. The van der Waals surface area contributed by atoms with Crippen LogP contribution in [0, 0.1) is 0 Å². The molecule has 2 N–H and O–H groups in total. The van der Waals surface area contributed by atoms with Crippen molar-refractivity contribution in [1.29, 1.82) is 0 Å². The first-order chi connectivity index (χ1) is 9.26. The van der Waals surface area contributed by atoms with Gasteiger partial charge in [0, 0.05) is 32.2 Å². The number of methoxy groups -OCH3 is 1. The van der Waals surface area contributed by atoms with Crippen molar-refractivity contribution in [1.82, 2.24) is 10.2 Å². The molecule has 6 heteroatoms. The Balaban J connectivity index is 0.00000200. The van der Waals surface area contributed by atoms with Gasteiger partial charge < -0.3 is 15.2 Å². The minimum Gasteiger partial charge on any atom is -0.504 e. The van der Waals surface area contributed by atoms with Gasteiger partial charge in [-0.2, -0.15) is 0 Å². The van der Waals surface area contributed by atoms with Crippen molar-refractivity contribution >= 4 is 24.8 Å². The Morgan fingerprint density at radius 2 is 1.95 bits per heavy atom. The number of benzene rings is 1. The molecule has 1 heterocycles. The summed E-state index contributed by atoms with van der Waals surface area (Å²) in [7, 11) is 1.58. The van der Waals surface area contributed by atoms with Crippen LogP contribution in [0.5, 0.6) is 11.5 Å². The Labute approximate surface area is 139 Å². The molecule has 0 saturated carbocycles. The van der Waals surface area contributed by atoms with E-state index in [9.17, 15) is 5.11 Å². The molecule has 0 bridgehead atoms. The zero-order chi connectivity index (χ0) is 13.7. The number of phenols is 1. The summed E-state index contributed by atoms with van der Waals surface area (Å²) in [5.41, 5.74) is 1.18. The molecular weight excluding hydrogens is 311 g/mol. The Hall–Kier alpha value is -0.680. The Morgan fingerprint density at radius 1 is 1.29 bits per heavy atom. The summed E-state index contributed by atoms with van der Waals surface area (Å²) >= 11 is 0. The molecule has 0 aromatic heterocycles. The zero-order valence-corrected chi connectivity index (χ0v) is 14.3. The topological polar surface area (TPSA) is 44.7 Å². The minimum absolute atomic E-state index is 0. The summed E-state index contributed by atoms with van der Waals surface area (Å²) in [6, 6.07) is 6.17. The third-order valence-corrected chi connectivity index (χ3v) is 3.74. The smallest absolute Gasteiger partial charge is 0.160 e. The first-order valence-corrected chi connectivity index (χ1v) is 7.08. The fourth-order valence-electron chi connectivity index (χ4n) is 2.74. The molecule has 2 rings (SSSR count). The van der Waals surface area contributed by atoms with Gasteiger partial charge in [0.2, 0.25) is 0 Å². The third kappa shape index (κ3) is 5.22. The number of hydrogen-bond donors (Lipinski definition) is 2. The van der Waals surface area contributed by atoms with Crippen molar-refractivity contribution < 1.29 is 9.84 Å². The van der Waals surface area contributed by atoms with Crippen LogP contribution < -0.4 is 10.1 Å². The molecule has 1 saturated heterocycles. The summed E-state index contributed by atoms with van der Waals surface area (Å²) in [4.78, 5) is 2.50. The third-order valence-electron chi connectivity index (χ3n) is 3.74. The number of nitrogens with zero attached hydrogens (tertiary/aromatic N) is 1. The fourth-order valence-corrected chi connectivity index (χ4v) is 2.74. The summed E-state index contributed by atoms with van der Waals surface area (Å²) in [6.07, 6.45) is 2.26. The van der Waals surface area contributed by atoms with E-state index < -0.39 is 0 Å². The van der Waals surface area contributed by atoms with Crippen molar-refractivity contribution in [2.24, 2.45) is 0 Å². The number of hydrogen-bond acceptors (Lipinski definition) is 4. The van der Waals surface area contributed by atoms with Gasteiger partial charge in [0.1, 0.15) is 0 Å². The first kappa shape index (κ1) is 20.3. The Morgan fingerprint density at radius 3 is 2.48 bits per heavy atom. The number of piperazine rings is 1. The molecule has 0 unspecified atom stereocenters. The lowest BCUT2D eigenvalue weighted by atomic mass is 9.99. The summed E-state index contributed by atoms with van der Waals surface area (Å²) in [5, 5.41) is 13.3. The van der Waals surface area contributed by atoms with Crippen LogP contribution in [-0.2, 0) is 0 Å². The number of nitrogens with one attached hydrogen (secondary N) is 1. The fraction of sp³-hybridized carbons (Fsp3) is 0.600. The number of ether oxygens (including phenoxy) is 1. The first-order valence-electron chi connectivity index (χ1n) is 7.08. The second-order valence-corrected chi connectivity index (χ2v) is 5.02. The number of rotatable bonds is 5. The molecule has 0 radical (unpaired) electrons. The molecule has 1 fully saturated rings. The largest absolute Gasteiger partial charge is 0.504 e. The molecule has 4 nitrogen and oxygen atoms in total. The molecule has 1 atom stereocenters. The lowest BCUT2D eigenvalue weighted by Crippen LogP contribution is -2.45. The second-order valence-electron chi connectivity index (χ2n) is 5.02. The van der Waals surface area contributed by atoms with Gasteiger partial charge in [-0.25, -0.2) is 0 Å². The van der Waals surface area contributed by atoms with Crippen LogP contribution >= 0.6 is 24.8 Å². The lowest BCUT2D eigenvalue weighted by Gasteiger charge is -2.35. The maximum absolute atomic E-state index is 9.95. The average Bonchev–Trinajstić information content (AvgIpc) is 2.45. The van der Waals surface area contributed by atoms with Crippen LogP contribution in [0.4, 0.5) is 0 Å². The second kappa shape index (κ2) is 10.1. The quantitative estimate of drug-likeness (QED) is 0.867. The van der Waals surface area contributed by atoms with Crippen LogP contribution in [0.15, 0.2) is 18.2 Å². The van der Waals surface area contributed by atoms with E-state index >= 15 is 0 Å². The lowest BCUT2D eigenvalue weighted by molar-refractivity contribution is 0.164. The van der Waals surface area contributed by atoms with E-state index in [1.54, 1.807) is 7.11 Å². The van der Waals surface area contributed by atoms with Crippen LogP contribution in [0.1, 0.15) is 31.4 Å². The van der Waals surface area contributed by atoms with Crippen molar-refractivity contribution in [2.45, 2.75) is 25.8 Å². The highest BCUT2D eigenvalue weighted by atomic mass is 35.5. The Kier molecular flexibility index (Phi) is 9.79. The number of phenolic OH excluding ortho intramolecular Hbond substituents is 1.